The second-order valence-electron chi connectivity index (χ2n) is 3.86. The Balaban J connectivity index is 3.32. The van der Waals surface area contributed by atoms with E-state index in [1.165, 1.54) is 12.8 Å². The van der Waals surface area contributed by atoms with Gasteiger partial charge in [0.05, 0.1) is 0 Å². The largest absolute Gasteiger partial charge is 0.356 e. The summed E-state index contributed by atoms with van der Waals surface area (Å²) >= 11 is 0. The predicted octanol–water partition coefficient (Wildman–Crippen LogP) is 0.573. The maximum Gasteiger partial charge on any atom is 0.221 e. The molecule has 4 heteroatoms. The van der Waals surface area contributed by atoms with Crippen molar-refractivity contribution in [2.45, 2.75) is 32.6 Å². The summed E-state index contributed by atoms with van der Waals surface area (Å²) in [7, 11) is 2.06. The van der Waals surface area contributed by atoms with E-state index in [0.717, 1.165) is 32.6 Å². The SMILES string of the molecule is CCNC(=O)CCN(C)CCCCCN. The highest BCUT2D eigenvalue weighted by Crippen LogP contribution is 1.96. The molecule has 0 aliphatic carbocycles. The van der Waals surface area contributed by atoms with E-state index in [-0.39, 0.29) is 5.91 Å². The van der Waals surface area contributed by atoms with Gasteiger partial charge in [0.15, 0.2) is 0 Å². The molecule has 3 N–H and O–H groups in total. The smallest absolute Gasteiger partial charge is 0.221 e. The van der Waals surface area contributed by atoms with Crippen molar-refractivity contribution in [3.63, 3.8) is 0 Å². The molecule has 0 bridgehead atoms. The molecule has 1 amide bonds. The zero-order valence-corrected chi connectivity index (χ0v) is 10.1. The van der Waals surface area contributed by atoms with Crippen molar-refractivity contribution in [1.29, 1.82) is 0 Å². The van der Waals surface area contributed by atoms with Gasteiger partial charge in [-0.15, -0.1) is 0 Å². The third-order valence-electron chi connectivity index (χ3n) is 2.34. The number of rotatable bonds is 9. The first-order valence-electron chi connectivity index (χ1n) is 5.86. The average molecular weight is 215 g/mol. The van der Waals surface area contributed by atoms with Crippen LogP contribution >= 0.6 is 0 Å². The maximum absolute atomic E-state index is 11.2. The summed E-state index contributed by atoms with van der Waals surface area (Å²) in [4.78, 5) is 13.4. The Bertz CT molecular complexity index is 162. The first-order valence-corrected chi connectivity index (χ1v) is 5.86. The molecule has 0 aromatic heterocycles. The standard InChI is InChI=1S/C11H25N3O/c1-3-13-11(15)7-10-14(2)9-6-4-5-8-12/h3-10,12H2,1-2H3,(H,13,15). The van der Waals surface area contributed by atoms with Gasteiger partial charge in [-0.25, -0.2) is 0 Å². The van der Waals surface area contributed by atoms with Gasteiger partial charge in [0.25, 0.3) is 0 Å². The summed E-state index contributed by atoms with van der Waals surface area (Å²) in [6.07, 6.45) is 4.05. The molecule has 0 aliphatic heterocycles. The van der Waals surface area contributed by atoms with Crippen LogP contribution in [-0.4, -0.2) is 44.0 Å². The van der Waals surface area contributed by atoms with Gasteiger partial charge in [-0.1, -0.05) is 6.42 Å². The third kappa shape index (κ3) is 9.69. The van der Waals surface area contributed by atoms with E-state index >= 15 is 0 Å². The number of nitrogens with two attached hydrogens (primary N) is 1. The zero-order chi connectivity index (χ0) is 11.5. The lowest BCUT2D eigenvalue weighted by Crippen LogP contribution is -2.29. The second-order valence-corrected chi connectivity index (χ2v) is 3.86. The fourth-order valence-corrected chi connectivity index (χ4v) is 1.39. The Labute approximate surface area is 93.2 Å². The molecular weight excluding hydrogens is 190 g/mol. The van der Waals surface area contributed by atoms with Crippen molar-refractivity contribution in [2.24, 2.45) is 5.73 Å². The number of carbonyl (C=O) groups is 1. The molecule has 0 fully saturated rings. The molecule has 15 heavy (non-hydrogen) atoms. The van der Waals surface area contributed by atoms with Crippen LogP contribution in [0.4, 0.5) is 0 Å². The van der Waals surface area contributed by atoms with Crippen LogP contribution in [-0.2, 0) is 4.79 Å². The second kappa shape index (κ2) is 9.93. The number of amides is 1. The van der Waals surface area contributed by atoms with Crippen molar-refractivity contribution in [2.75, 3.05) is 33.2 Å². The molecule has 0 saturated heterocycles. The van der Waals surface area contributed by atoms with Crippen LogP contribution in [0.2, 0.25) is 0 Å². The highest BCUT2D eigenvalue weighted by Gasteiger charge is 2.02. The van der Waals surface area contributed by atoms with Gasteiger partial charge < -0.3 is 16.0 Å². The lowest BCUT2D eigenvalue weighted by molar-refractivity contribution is -0.121. The first-order chi connectivity index (χ1) is 7.20. The lowest BCUT2D eigenvalue weighted by Gasteiger charge is -2.15. The molecule has 4 nitrogen and oxygen atoms in total. The molecule has 0 rings (SSSR count). The summed E-state index contributed by atoms with van der Waals surface area (Å²) in [5.74, 6) is 0.145. The van der Waals surface area contributed by atoms with E-state index in [9.17, 15) is 4.79 Å². The van der Waals surface area contributed by atoms with Gasteiger partial charge in [0, 0.05) is 19.5 Å². The monoisotopic (exact) mass is 215 g/mol. The average Bonchev–Trinajstić information content (AvgIpc) is 2.22. The van der Waals surface area contributed by atoms with Crippen LogP contribution in [0.15, 0.2) is 0 Å². The minimum atomic E-state index is 0.145. The molecule has 0 spiro atoms. The number of hydrogen-bond acceptors (Lipinski definition) is 3. The molecule has 0 heterocycles. The molecule has 90 valence electrons. The molecular formula is C11H25N3O. The Morgan fingerprint density at radius 3 is 2.60 bits per heavy atom. The Hall–Kier alpha value is -0.610. The number of unbranched alkanes of at least 4 members (excludes halogenated alkanes) is 2. The molecule has 0 unspecified atom stereocenters. The highest BCUT2D eigenvalue weighted by atomic mass is 16.1. The first kappa shape index (κ1) is 14.4. The summed E-state index contributed by atoms with van der Waals surface area (Å²) in [6, 6.07) is 0. The van der Waals surface area contributed by atoms with Crippen molar-refractivity contribution in [3.8, 4) is 0 Å². The van der Waals surface area contributed by atoms with E-state index in [4.69, 9.17) is 5.73 Å². The van der Waals surface area contributed by atoms with Gasteiger partial charge in [0.2, 0.25) is 5.91 Å². The third-order valence-corrected chi connectivity index (χ3v) is 2.34. The van der Waals surface area contributed by atoms with Crippen LogP contribution in [0.5, 0.6) is 0 Å². The van der Waals surface area contributed by atoms with Crippen LogP contribution in [0.25, 0.3) is 0 Å². The van der Waals surface area contributed by atoms with Crippen LogP contribution in [0.3, 0.4) is 0 Å². The number of carbonyl (C=O) groups excluding carboxylic acids is 1. The number of hydrogen-bond donors (Lipinski definition) is 2. The predicted molar refractivity (Wildman–Crippen MR) is 63.7 cm³/mol. The number of nitrogens with one attached hydrogen (secondary N) is 1. The van der Waals surface area contributed by atoms with Crippen molar-refractivity contribution in [3.05, 3.63) is 0 Å². The van der Waals surface area contributed by atoms with Gasteiger partial charge in [0.1, 0.15) is 0 Å². The van der Waals surface area contributed by atoms with Crippen LogP contribution in [0, 0.1) is 0 Å². The molecule has 0 radical (unpaired) electrons. The zero-order valence-electron chi connectivity index (χ0n) is 10.1. The normalized spacial score (nSPS) is 10.7. The van der Waals surface area contributed by atoms with Crippen LogP contribution < -0.4 is 11.1 Å². The highest BCUT2D eigenvalue weighted by molar-refractivity contribution is 5.75. The summed E-state index contributed by atoms with van der Waals surface area (Å²) in [5, 5.41) is 2.80. The van der Waals surface area contributed by atoms with Gasteiger partial charge in [-0.3, -0.25) is 4.79 Å². The maximum atomic E-state index is 11.2. The summed E-state index contributed by atoms with van der Waals surface area (Å²) < 4.78 is 0. The Morgan fingerprint density at radius 2 is 2.00 bits per heavy atom. The van der Waals surface area contributed by atoms with Crippen molar-refractivity contribution >= 4 is 5.91 Å². The Kier molecular flexibility index (Phi) is 9.52. The molecule has 0 atom stereocenters. The van der Waals surface area contributed by atoms with E-state index in [2.05, 4.69) is 17.3 Å². The van der Waals surface area contributed by atoms with E-state index in [0.29, 0.717) is 6.42 Å². The quantitative estimate of drug-likeness (QED) is 0.553. The van der Waals surface area contributed by atoms with Gasteiger partial charge in [-0.05, 0) is 39.9 Å². The molecule has 0 aliphatic rings. The summed E-state index contributed by atoms with van der Waals surface area (Å²) in [5.41, 5.74) is 5.41. The van der Waals surface area contributed by atoms with Crippen LogP contribution in [0.1, 0.15) is 32.6 Å². The van der Waals surface area contributed by atoms with E-state index in [1.807, 2.05) is 6.92 Å². The Morgan fingerprint density at radius 1 is 1.27 bits per heavy atom. The van der Waals surface area contributed by atoms with E-state index in [1.54, 1.807) is 0 Å². The van der Waals surface area contributed by atoms with Gasteiger partial charge >= 0.3 is 0 Å². The minimum absolute atomic E-state index is 0.145. The van der Waals surface area contributed by atoms with Crippen molar-refractivity contribution < 1.29 is 4.79 Å². The number of nitrogens with zero attached hydrogens (tertiary/aromatic N) is 1. The fraction of sp³-hybridized carbons (Fsp3) is 0.909. The van der Waals surface area contributed by atoms with Crippen molar-refractivity contribution in [1.82, 2.24) is 10.2 Å². The fourth-order valence-electron chi connectivity index (χ4n) is 1.39. The minimum Gasteiger partial charge on any atom is -0.356 e. The van der Waals surface area contributed by atoms with Gasteiger partial charge in [-0.2, -0.15) is 0 Å². The molecule has 0 aromatic rings. The van der Waals surface area contributed by atoms with E-state index < -0.39 is 0 Å². The molecule has 0 saturated carbocycles. The summed E-state index contributed by atoms with van der Waals surface area (Å²) in [6.45, 7) is 5.34. The molecule has 0 aromatic carbocycles. The topological polar surface area (TPSA) is 58.4 Å². The lowest BCUT2D eigenvalue weighted by atomic mass is 10.2.